The molecule has 2 atom stereocenters. The van der Waals surface area contributed by atoms with Crippen LogP contribution in [-0.2, 0) is 14.3 Å². The van der Waals surface area contributed by atoms with Gasteiger partial charge in [-0.05, 0) is 37.8 Å². The van der Waals surface area contributed by atoms with Crippen LogP contribution in [0.5, 0.6) is 0 Å². The molecule has 2 rings (SSSR count). The lowest BCUT2D eigenvalue weighted by atomic mass is 9.87. The van der Waals surface area contributed by atoms with Gasteiger partial charge in [0.1, 0.15) is 12.6 Å². The number of nitrogens with zero attached hydrogens (tertiary/aromatic N) is 4. The highest BCUT2D eigenvalue weighted by Crippen LogP contribution is 2.32. The van der Waals surface area contributed by atoms with Crippen LogP contribution in [0.4, 0.5) is 0 Å². The van der Waals surface area contributed by atoms with Gasteiger partial charge in [0.2, 0.25) is 5.91 Å². The fourth-order valence-corrected chi connectivity index (χ4v) is 2.90. The Morgan fingerprint density at radius 2 is 2.36 bits per heavy atom. The van der Waals surface area contributed by atoms with Gasteiger partial charge in [0.05, 0.1) is 6.61 Å². The molecule has 1 heterocycles. The number of likely N-dealkylation sites (tertiary alicyclic amines) is 1. The van der Waals surface area contributed by atoms with E-state index in [4.69, 9.17) is 10.3 Å². The Bertz CT molecular complexity index is 549. The molecule has 0 aromatic rings. The fourth-order valence-electron chi connectivity index (χ4n) is 2.90. The molecule has 1 saturated heterocycles. The topological polar surface area (TPSA) is 95.4 Å². The van der Waals surface area contributed by atoms with E-state index in [1.54, 1.807) is 6.92 Å². The average Bonchev–Trinajstić information content (AvgIpc) is 2.51. The van der Waals surface area contributed by atoms with Crippen molar-refractivity contribution in [3.05, 3.63) is 34.4 Å². The van der Waals surface area contributed by atoms with Crippen molar-refractivity contribution in [2.45, 2.75) is 38.6 Å². The van der Waals surface area contributed by atoms with E-state index in [2.05, 4.69) is 16.1 Å². The van der Waals surface area contributed by atoms with Crippen LogP contribution < -0.4 is 0 Å². The predicted octanol–water partition coefficient (Wildman–Crippen LogP) is 2.70. The summed E-state index contributed by atoms with van der Waals surface area (Å²) in [5.41, 5.74) is 9.47. The van der Waals surface area contributed by atoms with E-state index in [1.807, 2.05) is 12.2 Å². The third kappa shape index (κ3) is 3.68. The second-order valence-corrected chi connectivity index (χ2v) is 5.33. The molecule has 22 heavy (non-hydrogen) atoms. The molecule has 0 spiro atoms. The first-order valence-electron chi connectivity index (χ1n) is 7.55. The molecule has 1 amide bonds. The molecule has 1 aliphatic carbocycles. The number of amides is 1. The number of fused-ring (bicyclic) bond motifs is 1. The van der Waals surface area contributed by atoms with Crippen molar-refractivity contribution in [3.63, 3.8) is 0 Å². The van der Waals surface area contributed by atoms with Crippen molar-refractivity contribution in [2.24, 2.45) is 11.0 Å². The minimum absolute atomic E-state index is 0.139. The van der Waals surface area contributed by atoms with Crippen LogP contribution in [0.25, 0.3) is 10.4 Å². The van der Waals surface area contributed by atoms with Gasteiger partial charge in [0.15, 0.2) is 0 Å². The molecule has 7 heteroatoms. The van der Waals surface area contributed by atoms with Gasteiger partial charge >= 0.3 is 5.97 Å². The summed E-state index contributed by atoms with van der Waals surface area (Å²) >= 11 is 0. The Morgan fingerprint density at radius 1 is 1.55 bits per heavy atom. The molecule has 1 aliphatic heterocycles. The predicted molar refractivity (Wildman–Crippen MR) is 80.5 cm³/mol. The lowest BCUT2D eigenvalue weighted by Gasteiger charge is -2.35. The van der Waals surface area contributed by atoms with Crippen LogP contribution in [-0.4, -0.2) is 36.0 Å². The van der Waals surface area contributed by atoms with Crippen molar-refractivity contribution < 1.29 is 14.3 Å². The molecule has 0 saturated carbocycles. The minimum Gasteiger partial charge on any atom is -0.465 e. The molecule has 0 radical (unpaired) electrons. The molecular formula is C15H20N4O3. The van der Waals surface area contributed by atoms with Crippen molar-refractivity contribution in [2.75, 3.05) is 13.2 Å². The van der Waals surface area contributed by atoms with Crippen molar-refractivity contribution in [1.82, 2.24) is 4.90 Å². The zero-order chi connectivity index (χ0) is 15.9. The molecule has 118 valence electrons. The number of hydrogen-bond donors (Lipinski definition) is 0. The molecule has 1 fully saturated rings. The van der Waals surface area contributed by atoms with E-state index in [9.17, 15) is 9.59 Å². The van der Waals surface area contributed by atoms with Gasteiger partial charge in [-0.15, -0.1) is 0 Å². The van der Waals surface area contributed by atoms with E-state index in [-0.39, 0.29) is 25.0 Å². The van der Waals surface area contributed by atoms with Crippen molar-refractivity contribution >= 4 is 11.9 Å². The normalized spacial score (nSPS) is 24.5. The standard InChI is InChI=1S/C15H20N4O3/c1-2-22-14(20)10-19-13-9-4-3-6-11(13)7-5-8-12(15(19)21)17-18-16/h3-4,9,11-12H,2,5-8,10H2,1H3. The first-order valence-corrected chi connectivity index (χ1v) is 7.55. The van der Waals surface area contributed by atoms with E-state index in [0.29, 0.717) is 6.42 Å². The number of carbonyl (C=O) groups is 2. The van der Waals surface area contributed by atoms with Gasteiger partial charge in [-0.25, -0.2) is 0 Å². The van der Waals surface area contributed by atoms with Crippen LogP contribution in [0, 0.1) is 5.92 Å². The number of azide groups is 1. The summed E-state index contributed by atoms with van der Waals surface area (Å²) in [6.45, 7) is 1.85. The summed E-state index contributed by atoms with van der Waals surface area (Å²) in [5.74, 6) is -0.558. The van der Waals surface area contributed by atoms with Crippen molar-refractivity contribution in [1.29, 1.82) is 0 Å². The number of hydrogen-bond acceptors (Lipinski definition) is 4. The first-order chi connectivity index (χ1) is 10.7. The molecular weight excluding hydrogens is 284 g/mol. The number of rotatable bonds is 4. The Morgan fingerprint density at radius 3 is 3.09 bits per heavy atom. The quantitative estimate of drug-likeness (QED) is 0.346. The highest BCUT2D eigenvalue weighted by atomic mass is 16.5. The summed E-state index contributed by atoms with van der Waals surface area (Å²) in [5, 5.41) is 3.60. The largest absolute Gasteiger partial charge is 0.465 e. The molecule has 2 unspecified atom stereocenters. The van der Waals surface area contributed by atoms with E-state index in [1.165, 1.54) is 4.90 Å². The van der Waals surface area contributed by atoms with Crippen molar-refractivity contribution in [3.8, 4) is 0 Å². The van der Waals surface area contributed by atoms with Crippen LogP contribution >= 0.6 is 0 Å². The maximum absolute atomic E-state index is 12.7. The monoisotopic (exact) mass is 304 g/mol. The third-order valence-corrected chi connectivity index (χ3v) is 3.92. The Kier molecular flexibility index (Phi) is 5.61. The van der Waals surface area contributed by atoms with Gasteiger partial charge in [-0.3, -0.25) is 9.59 Å². The second kappa shape index (κ2) is 7.66. The summed E-state index contributed by atoms with van der Waals surface area (Å²) in [4.78, 5) is 28.7. The van der Waals surface area contributed by atoms with E-state index in [0.717, 1.165) is 25.0 Å². The zero-order valence-corrected chi connectivity index (χ0v) is 12.6. The second-order valence-electron chi connectivity index (χ2n) is 5.33. The van der Waals surface area contributed by atoms with Gasteiger partial charge < -0.3 is 9.64 Å². The Balaban J connectivity index is 2.30. The SMILES string of the molecule is CCOC(=O)CN1C(=O)C(N=[N+]=[N-])CCCC2CC=CC=C21. The number of allylic oxidation sites excluding steroid dienone is 4. The van der Waals surface area contributed by atoms with Crippen LogP contribution in [0.1, 0.15) is 32.6 Å². The van der Waals surface area contributed by atoms with Crippen LogP contribution in [0.15, 0.2) is 29.0 Å². The van der Waals surface area contributed by atoms with Crippen LogP contribution in [0.3, 0.4) is 0 Å². The van der Waals surface area contributed by atoms with Gasteiger partial charge in [-0.2, -0.15) is 0 Å². The maximum Gasteiger partial charge on any atom is 0.326 e. The number of carbonyl (C=O) groups excluding carboxylic acids is 2. The average molecular weight is 304 g/mol. The lowest BCUT2D eigenvalue weighted by molar-refractivity contribution is -0.148. The van der Waals surface area contributed by atoms with E-state index < -0.39 is 12.0 Å². The van der Waals surface area contributed by atoms with Gasteiger partial charge in [0, 0.05) is 16.5 Å². The number of ether oxygens (including phenoxy) is 1. The molecule has 2 aliphatic rings. The van der Waals surface area contributed by atoms with Gasteiger partial charge in [-0.1, -0.05) is 23.7 Å². The molecule has 0 N–H and O–H groups in total. The summed E-state index contributed by atoms with van der Waals surface area (Å²) < 4.78 is 4.96. The number of esters is 1. The zero-order valence-electron chi connectivity index (χ0n) is 12.6. The molecule has 0 bridgehead atoms. The maximum atomic E-state index is 12.7. The third-order valence-electron chi connectivity index (χ3n) is 3.92. The molecule has 0 aromatic heterocycles. The van der Waals surface area contributed by atoms with Crippen LogP contribution in [0.2, 0.25) is 0 Å². The van der Waals surface area contributed by atoms with Gasteiger partial charge in [0.25, 0.3) is 0 Å². The summed E-state index contributed by atoms with van der Waals surface area (Å²) in [6, 6.07) is -0.757. The Labute approximate surface area is 129 Å². The first kappa shape index (κ1) is 16.1. The minimum atomic E-state index is -0.757. The fraction of sp³-hybridized carbons (Fsp3) is 0.600. The van der Waals surface area contributed by atoms with E-state index >= 15 is 0 Å². The molecule has 0 aromatic carbocycles. The lowest BCUT2D eigenvalue weighted by Crippen LogP contribution is -2.44. The highest BCUT2D eigenvalue weighted by molar-refractivity contribution is 5.87. The smallest absolute Gasteiger partial charge is 0.326 e. The molecule has 7 nitrogen and oxygen atoms in total. The summed E-state index contributed by atoms with van der Waals surface area (Å²) in [7, 11) is 0. The highest BCUT2D eigenvalue weighted by Gasteiger charge is 2.33. The Hall–Kier alpha value is -2.27. The summed E-state index contributed by atoms with van der Waals surface area (Å²) in [6.07, 6.45) is 8.90.